The third-order valence-electron chi connectivity index (χ3n) is 3.41. The van der Waals surface area contributed by atoms with Gasteiger partial charge < -0.3 is 4.90 Å². The summed E-state index contributed by atoms with van der Waals surface area (Å²) in [5, 5.41) is 0. The number of benzene rings is 1. The Hall–Kier alpha value is -1.43. The van der Waals surface area contributed by atoms with Crippen molar-refractivity contribution in [3.8, 4) is 0 Å². The van der Waals surface area contributed by atoms with Gasteiger partial charge >= 0.3 is 0 Å². The second kappa shape index (κ2) is 5.91. The Labute approximate surface area is 132 Å². The van der Waals surface area contributed by atoms with Crippen LogP contribution in [-0.4, -0.2) is 21.8 Å². The summed E-state index contributed by atoms with van der Waals surface area (Å²) in [5.41, 5.74) is 1.73. The Bertz CT molecular complexity index is 611. The summed E-state index contributed by atoms with van der Waals surface area (Å²) in [6.45, 7) is 0.593. The van der Waals surface area contributed by atoms with Crippen LogP contribution in [0, 0.1) is 3.57 Å². The Morgan fingerprint density at radius 3 is 2.60 bits per heavy atom. The number of hydrogen-bond donors (Lipinski definition) is 0. The molecule has 1 aromatic carbocycles. The number of carbonyl (C=O) groups is 1. The standard InChI is InChI=1S/C16H15IN2O/c17-15-7-2-1-6-14(15)16(20)19(13-8-9-13)11-12-5-3-4-10-18-12/h1-7,10,13H,8-9,11H2. The van der Waals surface area contributed by atoms with E-state index in [0.29, 0.717) is 12.6 Å². The summed E-state index contributed by atoms with van der Waals surface area (Å²) in [6, 6.07) is 14.0. The van der Waals surface area contributed by atoms with E-state index in [1.54, 1.807) is 6.20 Å². The first-order valence-corrected chi connectivity index (χ1v) is 7.79. The van der Waals surface area contributed by atoms with E-state index < -0.39 is 0 Å². The molecule has 1 aliphatic rings. The predicted octanol–water partition coefficient (Wildman–Crippen LogP) is 3.49. The molecule has 0 aliphatic heterocycles. The van der Waals surface area contributed by atoms with Crippen molar-refractivity contribution in [3.05, 3.63) is 63.5 Å². The van der Waals surface area contributed by atoms with E-state index >= 15 is 0 Å². The van der Waals surface area contributed by atoms with Gasteiger partial charge in [-0.2, -0.15) is 0 Å². The van der Waals surface area contributed by atoms with Crippen LogP contribution in [0.2, 0.25) is 0 Å². The third kappa shape index (κ3) is 3.00. The molecular weight excluding hydrogens is 363 g/mol. The van der Waals surface area contributed by atoms with Gasteiger partial charge in [0.2, 0.25) is 0 Å². The molecule has 102 valence electrons. The Kier molecular flexibility index (Phi) is 4.00. The summed E-state index contributed by atoms with van der Waals surface area (Å²) in [7, 11) is 0. The number of rotatable bonds is 4. The number of carbonyl (C=O) groups excluding carboxylic acids is 1. The largest absolute Gasteiger partial charge is 0.330 e. The zero-order chi connectivity index (χ0) is 13.9. The molecule has 4 heteroatoms. The van der Waals surface area contributed by atoms with E-state index in [0.717, 1.165) is 27.7 Å². The molecule has 1 fully saturated rings. The summed E-state index contributed by atoms with van der Waals surface area (Å²) in [5.74, 6) is 0.114. The predicted molar refractivity (Wildman–Crippen MR) is 86.3 cm³/mol. The topological polar surface area (TPSA) is 33.2 Å². The summed E-state index contributed by atoms with van der Waals surface area (Å²) in [6.07, 6.45) is 3.97. The minimum Gasteiger partial charge on any atom is -0.330 e. The number of nitrogens with zero attached hydrogens (tertiary/aromatic N) is 2. The van der Waals surface area contributed by atoms with Gasteiger partial charge in [0.15, 0.2) is 0 Å². The van der Waals surface area contributed by atoms with Gasteiger partial charge in [-0.3, -0.25) is 9.78 Å². The van der Waals surface area contributed by atoms with Crippen LogP contribution in [0.15, 0.2) is 48.7 Å². The minimum absolute atomic E-state index is 0.114. The van der Waals surface area contributed by atoms with Crippen molar-refractivity contribution in [3.63, 3.8) is 0 Å². The van der Waals surface area contributed by atoms with Gasteiger partial charge in [0.1, 0.15) is 0 Å². The van der Waals surface area contributed by atoms with Crippen LogP contribution < -0.4 is 0 Å². The number of amides is 1. The van der Waals surface area contributed by atoms with Crippen LogP contribution in [0.4, 0.5) is 0 Å². The fourth-order valence-corrected chi connectivity index (χ4v) is 2.83. The Morgan fingerprint density at radius 2 is 1.95 bits per heavy atom. The van der Waals surface area contributed by atoms with Gasteiger partial charge in [-0.05, 0) is 59.7 Å². The molecule has 0 unspecified atom stereocenters. The second-order valence-electron chi connectivity index (χ2n) is 4.97. The number of halogens is 1. The highest BCUT2D eigenvalue weighted by atomic mass is 127. The van der Waals surface area contributed by atoms with Crippen molar-refractivity contribution in [2.24, 2.45) is 0 Å². The van der Waals surface area contributed by atoms with Gasteiger partial charge in [-0.25, -0.2) is 0 Å². The Balaban J connectivity index is 1.84. The maximum Gasteiger partial charge on any atom is 0.255 e. The molecule has 0 atom stereocenters. The average Bonchev–Trinajstić information content (AvgIpc) is 3.30. The lowest BCUT2D eigenvalue weighted by molar-refractivity contribution is 0.0726. The third-order valence-corrected chi connectivity index (χ3v) is 4.35. The molecule has 0 spiro atoms. The highest BCUT2D eigenvalue weighted by Gasteiger charge is 2.33. The normalized spacial score (nSPS) is 14.1. The fraction of sp³-hybridized carbons (Fsp3) is 0.250. The lowest BCUT2D eigenvalue weighted by atomic mass is 10.2. The van der Waals surface area contributed by atoms with Crippen LogP contribution in [0.3, 0.4) is 0 Å². The molecule has 0 radical (unpaired) electrons. The molecule has 1 heterocycles. The van der Waals surface area contributed by atoms with Crippen LogP contribution in [0.5, 0.6) is 0 Å². The fourth-order valence-electron chi connectivity index (χ4n) is 2.21. The van der Waals surface area contributed by atoms with Crippen molar-refractivity contribution in [2.45, 2.75) is 25.4 Å². The zero-order valence-electron chi connectivity index (χ0n) is 11.0. The van der Waals surface area contributed by atoms with Gasteiger partial charge in [-0.15, -0.1) is 0 Å². The van der Waals surface area contributed by atoms with E-state index in [9.17, 15) is 4.79 Å². The molecule has 2 aromatic rings. The number of hydrogen-bond acceptors (Lipinski definition) is 2. The maximum absolute atomic E-state index is 12.7. The van der Waals surface area contributed by atoms with Crippen LogP contribution >= 0.6 is 22.6 Å². The molecular formula is C16H15IN2O. The lowest BCUT2D eigenvalue weighted by Crippen LogP contribution is -2.33. The summed E-state index contributed by atoms with van der Waals surface area (Å²) >= 11 is 2.22. The monoisotopic (exact) mass is 378 g/mol. The second-order valence-corrected chi connectivity index (χ2v) is 6.13. The first-order chi connectivity index (χ1) is 9.75. The molecule has 1 amide bonds. The first kappa shape index (κ1) is 13.5. The molecule has 0 saturated heterocycles. The summed E-state index contributed by atoms with van der Waals surface area (Å²) < 4.78 is 1.00. The van der Waals surface area contributed by atoms with Gasteiger partial charge in [0, 0.05) is 15.8 Å². The van der Waals surface area contributed by atoms with Crippen molar-refractivity contribution in [1.29, 1.82) is 0 Å². The number of aromatic nitrogens is 1. The molecule has 1 saturated carbocycles. The minimum atomic E-state index is 0.114. The molecule has 3 rings (SSSR count). The first-order valence-electron chi connectivity index (χ1n) is 6.71. The Morgan fingerprint density at radius 1 is 1.20 bits per heavy atom. The van der Waals surface area contributed by atoms with Crippen molar-refractivity contribution in [2.75, 3.05) is 0 Å². The van der Waals surface area contributed by atoms with Crippen LogP contribution in [0.1, 0.15) is 28.9 Å². The number of pyridine rings is 1. The summed E-state index contributed by atoms with van der Waals surface area (Å²) in [4.78, 5) is 19.0. The van der Waals surface area contributed by atoms with Crippen LogP contribution in [0.25, 0.3) is 0 Å². The maximum atomic E-state index is 12.7. The molecule has 1 aliphatic carbocycles. The zero-order valence-corrected chi connectivity index (χ0v) is 13.2. The molecule has 3 nitrogen and oxygen atoms in total. The van der Waals surface area contributed by atoms with Crippen molar-refractivity contribution < 1.29 is 4.79 Å². The van der Waals surface area contributed by atoms with Gasteiger partial charge in [0.25, 0.3) is 5.91 Å². The van der Waals surface area contributed by atoms with Crippen molar-refractivity contribution >= 4 is 28.5 Å². The van der Waals surface area contributed by atoms with Crippen molar-refractivity contribution in [1.82, 2.24) is 9.88 Å². The van der Waals surface area contributed by atoms with Gasteiger partial charge in [-0.1, -0.05) is 18.2 Å². The van der Waals surface area contributed by atoms with E-state index in [-0.39, 0.29) is 5.91 Å². The van der Waals surface area contributed by atoms with E-state index in [1.165, 1.54) is 0 Å². The van der Waals surface area contributed by atoms with E-state index in [4.69, 9.17) is 0 Å². The smallest absolute Gasteiger partial charge is 0.255 e. The highest BCUT2D eigenvalue weighted by molar-refractivity contribution is 14.1. The highest BCUT2D eigenvalue weighted by Crippen LogP contribution is 2.30. The van der Waals surface area contributed by atoms with E-state index in [2.05, 4.69) is 27.6 Å². The SMILES string of the molecule is O=C(c1ccccc1I)N(Cc1ccccn1)C1CC1. The van der Waals surface area contributed by atoms with Gasteiger partial charge in [0.05, 0.1) is 17.8 Å². The molecule has 1 aromatic heterocycles. The average molecular weight is 378 g/mol. The molecule has 0 bridgehead atoms. The molecule has 0 N–H and O–H groups in total. The van der Waals surface area contributed by atoms with Crippen LogP contribution in [-0.2, 0) is 6.54 Å². The quantitative estimate of drug-likeness (QED) is 0.764. The van der Waals surface area contributed by atoms with E-state index in [1.807, 2.05) is 47.4 Å². The lowest BCUT2D eigenvalue weighted by Gasteiger charge is -2.22. The molecule has 20 heavy (non-hydrogen) atoms.